The topological polar surface area (TPSA) is 92.9 Å². The molecule has 0 radical (unpaired) electrons. The van der Waals surface area contributed by atoms with Gasteiger partial charge < -0.3 is 19.3 Å². The van der Waals surface area contributed by atoms with Gasteiger partial charge in [-0.25, -0.2) is 0 Å². The lowest BCUT2D eigenvalue weighted by Gasteiger charge is -2.27. The summed E-state index contributed by atoms with van der Waals surface area (Å²) in [5, 5.41) is 13.9. The molecule has 1 N–H and O–H groups in total. The van der Waals surface area contributed by atoms with Gasteiger partial charge in [0.05, 0.1) is 17.7 Å². The lowest BCUT2D eigenvalue weighted by molar-refractivity contribution is -0.150. The number of aromatic nitrogens is 1. The first-order chi connectivity index (χ1) is 12.4. The number of carboxylic acids is 1. The summed E-state index contributed by atoms with van der Waals surface area (Å²) in [5.74, 6) is -0.228. The van der Waals surface area contributed by atoms with Crippen LogP contribution in [0, 0.1) is 25.2 Å². The molecule has 26 heavy (non-hydrogen) atoms. The number of ether oxygens (including phenoxy) is 1. The molecule has 3 heterocycles. The van der Waals surface area contributed by atoms with Crippen LogP contribution in [-0.4, -0.2) is 46.7 Å². The normalized spacial score (nSPS) is 24.4. The first kappa shape index (κ1) is 16.6. The van der Waals surface area contributed by atoms with E-state index < -0.39 is 11.4 Å². The molecule has 1 saturated heterocycles. The second-order valence-electron chi connectivity index (χ2n) is 7.14. The van der Waals surface area contributed by atoms with Gasteiger partial charge in [0, 0.05) is 19.0 Å². The Hall–Kier alpha value is -2.83. The molecular formula is C19H20N2O5. The molecule has 7 nitrogen and oxygen atoms in total. The predicted octanol–water partition coefficient (Wildman–Crippen LogP) is 2.07. The maximum Gasteiger partial charge on any atom is 0.312 e. The molecule has 0 spiro atoms. The number of benzene rings is 1. The Morgan fingerprint density at radius 3 is 2.77 bits per heavy atom. The van der Waals surface area contributed by atoms with Gasteiger partial charge in [-0.15, -0.1) is 0 Å². The van der Waals surface area contributed by atoms with Crippen molar-refractivity contribution in [1.29, 1.82) is 0 Å². The molecule has 0 saturated carbocycles. The highest BCUT2D eigenvalue weighted by molar-refractivity contribution is 5.97. The van der Waals surface area contributed by atoms with E-state index >= 15 is 0 Å². The average Bonchev–Trinajstić information content (AvgIpc) is 3.10. The number of carboxylic acid groups (broad SMARTS) is 1. The van der Waals surface area contributed by atoms with Crippen molar-refractivity contribution in [3.63, 3.8) is 0 Å². The zero-order chi connectivity index (χ0) is 18.5. The molecule has 4 rings (SSSR count). The number of rotatable bonds is 2. The molecule has 1 aromatic heterocycles. The second kappa shape index (κ2) is 5.86. The Morgan fingerprint density at radius 2 is 2.08 bits per heavy atom. The highest BCUT2D eigenvalue weighted by atomic mass is 16.5. The number of carbonyl (C=O) groups is 2. The zero-order valence-electron chi connectivity index (χ0n) is 14.7. The van der Waals surface area contributed by atoms with Gasteiger partial charge in [0.1, 0.15) is 17.1 Å². The quantitative estimate of drug-likeness (QED) is 0.885. The monoisotopic (exact) mass is 356 g/mol. The van der Waals surface area contributed by atoms with E-state index in [4.69, 9.17) is 9.26 Å². The Morgan fingerprint density at radius 1 is 1.31 bits per heavy atom. The van der Waals surface area contributed by atoms with Gasteiger partial charge in [0.15, 0.2) is 0 Å². The fraction of sp³-hybridized carbons (Fsp3) is 0.421. The van der Waals surface area contributed by atoms with Crippen LogP contribution < -0.4 is 4.74 Å². The molecule has 7 heteroatoms. The maximum atomic E-state index is 13.0. The SMILES string of the molecule is Cc1noc(C)c1C(=O)N1C[C@H]2COc3ccccc3C[C@@]2(C(=O)O)C1. The van der Waals surface area contributed by atoms with Crippen molar-refractivity contribution < 1.29 is 24.0 Å². The van der Waals surface area contributed by atoms with Crippen LogP contribution in [-0.2, 0) is 11.2 Å². The van der Waals surface area contributed by atoms with E-state index in [0.29, 0.717) is 30.0 Å². The summed E-state index contributed by atoms with van der Waals surface area (Å²) in [7, 11) is 0. The Labute approximate surface area is 150 Å². The molecule has 0 bridgehead atoms. The minimum absolute atomic E-state index is 0.146. The van der Waals surface area contributed by atoms with E-state index in [2.05, 4.69) is 5.16 Å². The summed E-state index contributed by atoms with van der Waals surface area (Å²) in [4.78, 5) is 26.9. The van der Waals surface area contributed by atoms with Gasteiger partial charge in [-0.3, -0.25) is 9.59 Å². The standard InChI is InChI=1S/C19H20N2O5/c1-11-16(12(2)26-20-11)17(22)21-8-14-9-25-15-6-4-3-5-13(15)7-19(14,10-21)18(23)24/h3-6,14H,7-10H2,1-2H3,(H,23,24)/t14-,19+/m0/s1. The Kier molecular flexibility index (Phi) is 3.75. The predicted molar refractivity (Wildman–Crippen MR) is 91.1 cm³/mol. The van der Waals surface area contributed by atoms with Crippen molar-refractivity contribution in [2.45, 2.75) is 20.3 Å². The fourth-order valence-corrected chi connectivity index (χ4v) is 4.13. The van der Waals surface area contributed by atoms with Gasteiger partial charge in [0.25, 0.3) is 5.91 Å². The highest BCUT2D eigenvalue weighted by Gasteiger charge is 2.55. The van der Waals surface area contributed by atoms with Gasteiger partial charge in [-0.1, -0.05) is 23.4 Å². The number of amides is 1. The van der Waals surface area contributed by atoms with E-state index in [1.165, 1.54) is 0 Å². The van der Waals surface area contributed by atoms with Crippen LogP contribution in [0.25, 0.3) is 0 Å². The summed E-state index contributed by atoms with van der Waals surface area (Å²) >= 11 is 0. The molecule has 1 aromatic carbocycles. The fourth-order valence-electron chi connectivity index (χ4n) is 4.13. The van der Waals surface area contributed by atoms with Gasteiger partial charge >= 0.3 is 5.97 Å². The van der Waals surface area contributed by atoms with Gasteiger partial charge in [-0.2, -0.15) is 0 Å². The van der Waals surface area contributed by atoms with Crippen LogP contribution in [0.4, 0.5) is 0 Å². The number of fused-ring (bicyclic) bond motifs is 2. The summed E-state index contributed by atoms with van der Waals surface area (Å²) in [5.41, 5.74) is 0.749. The van der Waals surface area contributed by atoms with Crippen molar-refractivity contribution in [1.82, 2.24) is 10.1 Å². The lowest BCUT2D eigenvalue weighted by atomic mass is 9.74. The van der Waals surface area contributed by atoms with Gasteiger partial charge in [-0.05, 0) is 31.9 Å². The van der Waals surface area contributed by atoms with Crippen molar-refractivity contribution in [2.24, 2.45) is 11.3 Å². The molecule has 2 aliphatic rings. The summed E-state index contributed by atoms with van der Waals surface area (Å²) < 4.78 is 11.0. The van der Waals surface area contributed by atoms with Crippen molar-refractivity contribution in [2.75, 3.05) is 19.7 Å². The van der Waals surface area contributed by atoms with E-state index in [1.54, 1.807) is 18.7 Å². The first-order valence-corrected chi connectivity index (χ1v) is 8.58. The van der Waals surface area contributed by atoms with Crippen LogP contribution in [0.1, 0.15) is 27.4 Å². The van der Waals surface area contributed by atoms with Crippen molar-refractivity contribution in [3.8, 4) is 5.75 Å². The van der Waals surface area contributed by atoms with Crippen LogP contribution in [0.5, 0.6) is 5.75 Å². The summed E-state index contributed by atoms with van der Waals surface area (Å²) in [6.07, 6.45) is 0.342. The molecule has 1 fully saturated rings. The molecule has 2 atom stereocenters. The molecule has 0 unspecified atom stereocenters. The van der Waals surface area contributed by atoms with Crippen LogP contribution >= 0.6 is 0 Å². The molecule has 2 aromatic rings. The largest absolute Gasteiger partial charge is 0.493 e. The van der Waals surface area contributed by atoms with Crippen LogP contribution in [0.15, 0.2) is 28.8 Å². The third kappa shape index (κ3) is 2.38. The van der Waals surface area contributed by atoms with E-state index in [0.717, 1.165) is 11.3 Å². The first-order valence-electron chi connectivity index (χ1n) is 8.58. The molecule has 136 valence electrons. The van der Waals surface area contributed by atoms with Crippen molar-refractivity contribution >= 4 is 11.9 Å². The third-order valence-electron chi connectivity index (χ3n) is 5.57. The average molecular weight is 356 g/mol. The second-order valence-corrected chi connectivity index (χ2v) is 7.14. The molecular weight excluding hydrogens is 336 g/mol. The number of aliphatic carboxylic acids is 1. The number of likely N-dealkylation sites (tertiary alicyclic amines) is 1. The molecule has 0 aliphatic carbocycles. The summed E-state index contributed by atoms with van der Waals surface area (Å²) in [6.45, 7) is 4.16. The maximum absolute atomic E-state index is 13.0. The number of carbonyl (C=O) groups excluding carboxylic acids is 1. The Balaban J connectivity index is 1.69. The lowest BCUT2D eigenvalue weighted by Crippen LogP contribution is -2.42. The van der Waals surface area contributed by atoms with E-state index in [9.17, 15) is 14.7 Å². The van der Waals surface area contributed by atoms with E-state index in [1.807, 2.05) is 24.3 Å². The van der Waals surface area contributed by atoms with Crippen LogP contribution in [0.3, 0.4) is 0 Å². The van der Waals surface area contributed by atoms with E-state index in [-0.39, 0.29) is 25.0 Å². The number of para-hydroxylation sites is 1. The summed E-state index contributed by atoms with van der Waals surface area (Å²) in [6, 6.07) is 7.50. The number of nitrogens with zero attached hydrogens (tertiary/aromatic N) is 2. The zero-order valence-corrected chi connectivity index (χ0v) is 14.7. The minimum Gasteiger partial charge on any atom is -0.493 e. The molecule has 1 amide bonds. The number of hydrogen-bond acceptors (Lipinski definition) is 5. The Bertz CT molecular complexity index is 870. The van der Waals surface area contributed by atoms with Crippen molar-refractivity contribution in [3.05, 3.63) is 46.8 Å². The van der Waals surface area contributed by atoms with Gasteiger partial charge in [0.2, 0.25) is 0 Å². The molecule has 2 aliphatic heterocycles. The number of hydrogen-bond donors (Lipinski definition) is 1. The third-order valence-corrected chi connectivity index (χ3v) is 5.57. The minimum atomic E-state index is -1.05. The smallest absolute Gasteiger partial charge is 0.312 e. The number of aryl methyl sites for hydroxylation is 2. The van der Waals surface area contributed by atoms with Crippen LogP contribution in [0.2, 0.25) is 0 Å². The highest BCUT2D eigenvalue weighted by Crippen LogP contribution is 2.44.